The molecule has 1 aliphatic heterocycles. The number of carbonyl (C=O) groups is 1. The molecular formula is C16H21Cl2N3O3S. The first kappa shape index (κ1) is 21.7. The zero-order valence-corrected chi connectivity index (χ0v) is 15.8. The molecular weight excluding hydrogens is 385 g/mol. The maximum absolute atomic E-state index is 12.2. The second-order valence-electron chi connectivity index (χ2n) is 5.49. The van der Waals surface area contributed by atoms with Crippen molar-refractivity contribution in [3.63, 3.8) is 0 Å². The Bertz CT molecular complexity index is 658. The molecule has 25 heavy (non-hydrogen) atoms. The maximum atomic E-state index is 12.2. The van der Waals surface area contributed by atoms with Gasteiger partial charge in [-0.05, 0) is 18.2 Å². The predicted molar refractivity (Wildman–Crippen MR) is 102 cm³/mol. The van der Waals surface area contributed by atoms with Gasteiger partial charge in [-0.1, -0.05) is 6.07 Å². The number of β-amino-alcohol motifs (C(OH)–C–C–N with tert-alkyl or cyclic N) is 1. The van der Waals surface area contributed by atoms with Gasteiger partial charge in [0, 0.05) is 36.5 Å². The number of aliphatic hydroxyl groups excluding tert-OH is 1. The van der Waals surface area contributed by atoms with Crippen LogP contribution in [0.2, 0.25) is 0 Å². The maximum Gasteiger partial charge on any atom is 0.251 e. The van der Waals surface area contributed by atoms with Crippen LogP contribution in [-0.2, 0) is 6.61 Å². The van der Waals surface area contributed by atoms with Crippen molar-refractivity contribution < 1.29 is 14.6 Å². The number of benzene rings is 1. The minimum atomic E-state index is -0.400. The van der Waals surface area contributed by atoms with Crippen LogP contribution in [0.15, 0.2) is 35.2 Å². The number of halogens is 2. The van der Waals surface area contributed by atoms with E-state index >= 15 is 0 Å². The first-order chi connectivity index (χ1) is 11.2. The summed E-state index contributed by atoms with van der Waals surface area (Å²) in [6, 6.07) is 7.06. The lowest BCUT2D eigenvalue weighted by atomic mass is 10.1. The molecule has 1 aromatic carbocycles. The second-order valence-corrected chi connectivity index (χ2v) is 6.21. The van der Waals surface area contributed by atoms with E-state index in [1.54, 1.807) is 23.7 Å². The fourth-order valence-electron chi connectivity index (χ4n) is 2.45. The summed E-state index contributed by atoms with van der Waals surface area (Å²) in [6.07, 6.45) is -0.400. The highest BCUT2D eigenvalue weighted by molar-refractivity contribution is 7.07. The van der Waals surface area contributed by atoms with Gasteiger partial charge in [-0.2, -0.15) is 0 Å². The summed E-state index contributed by atoms with van der Waals surface area (Å²) in [5.74, 6) is 0.527. The van der Waals surface area contributed by atoms with Crippen molar-refractivity contribution in [1.29, 1.82) is 0 Å². The van der Waals surface area contributed by atoms with Gasteiger partial charge in [-0.15, -0.1) is 36.2 Å². The average Bonchev–Trinajstić information content (AvgIpc) is 3.22. The molecule has 1 amide bonds. The van der Waals surface area contributed by atoms with E-state index in [2.05, 4.69) is 15.6 Å². The molecule has 2 unspecified atom stereocenters. The van der Waals surface area contributed by atoms with E-state index in [4.69, 9.17) is 4.74 Å². The largest absolute Gasteiger partial charge is 0.487 e. The highest BCUT2D eigenvalue weighted by Gasteiger charge is 2.25. The van der Waals surface area contributed by atoms with Gasteiger partial charge in [-0.3, -0.25) is 4.79 Å². The van der Waals surface area contributed by atoms with Gasteiger partial charge < -0.3 is 20.5 Å². The Balaban J connectivity index is 0.00000156. The van der Waals surface area contributed by atoms with Gasteiger partial charge in [0.1, 0.15) is 12.4 Å². The highest BCUT2D eigenvalue weighted by atomic mass is 35.5. The number of carbonyl (C=O) groups excluding carboxylic acids is 1. The molecule has 2 heterocycles. The van der Waals surface area contributed by atoms with Crippen LogP contribution in [0.3, 0.4) is 0 Å². The van der Waals surface area contributed by atoms with Crippen LogP contribution < -0.4 is 15.4 Å². The normalized spacial score (nSPS) is 18.8. The lowest BCUT2D eigenvalue weighted by molar-refractivity contribution is 0.0926. The van der Waals surface area contributed by atoms with Crippen molar-refractivity contribution in [2.45, 2.75) is 12.7 Å². The second kappa shape index (κ2) is 10.6. The van der Waals surface area contributed by atoms with E-state index in [1.165, 1.54) is 11.3 Å². The summed E-state index contributed by atoms with van der Waals surface area (Å²) in [4.78, 5) is 16.4. The van der Waals surface area contributed by atoms with Crippen LogP contribution in [0.25, 0.3) is 0 Å². The first-order valence-electron chi connectivity index (χ1n) is 7.49. The Morgan fingerprint density at radius 1 is 1.40 bits per heavy atom. The number of ether oxygens (including phenoxy) is 1. The summed E-state index contributed by atoms with van der Waals surface area (Å²) in [5.41, 5.74) is 3.17. The van der Waals surface area contributed by atoms with Gasteiger partial charge >= 0.3 is 0 Å². The molecule has 3 rings (SSSR count). The number of hydrogen-bond donors (Lipinski definition) is 3. The zero-order valence-electron chi connectivity index (χ0n) is 13.4. The van der Waals surface area contributed by atoms with E-state index in [1.807, 2.05) is 11.4 Å². The third kappa shape index (κ3) is 6.13. The lowest BCUT2D eigenvalue weighted by Crippen LogP contribution is -2.34. The molecule has 1 aliphatic rings. The average molecular weight is 406 g/mol. The first-order valence-corrected chi connectivity index (χ1v) is 8.43. The smallest absolute Gasteiger partial charge is 0.251 e. The fraction of sp³-hybridized carbons (Fsp3) is 0.375. The number of nitrogens with zero attached hydrogens (tertiary/aromatic N) is 1. The number of thiazole rings is 1. The Kier molecular flexibility index (Phi) is 9.16. The van der Waals surface area contributed by atoms with Crippen molar-refractivity contribution in [2.75, 3.05) is 19.6 Å². The van der Waals surface area contributed by atoms with E-state index in [0.29, 0.717) is 31.0 Å². The summed E-state index contributed by atoms with van der Waals surface area (Å²) in [5, 5.41) is 17.6. The van der Waals surface area contributed by atoms with E-state index in [0.717, 1.165) is 12.2 Å². The third-order valence-electron chi connectivity index (χ3n) is 3.80. The zero-order chi connectivity index (χ0) is 16.1. The number of aromatic nitrogens is 1. The van der Waals surface area contributed by atoms with Crippen LogP contribution in [0.1, 0.15) is 16.1 Å². The molecule has 2 aromatic rings. The number of amides is 1. The molecule has 0 aliphatic carbocycles. The minimum absolute atomic E-state index is 0. The SMILES string of the molecule is Cl.Cl.O=C(NCC1CNCC1O)c1cccc(OCc2cscn2)c1. The summed E-state index contributed by atoms with van der Waals surface area (Å²) in [7, 11) is 0. The third-order valence-corrected chi connectivity index (χ3v) is 4.43. The van der Waals surface area contributed by atoms with Crippen LogP contribution in [0.5, 0.6) is 5.75 Å². The summed E-state index contributed by atoms with van der Waals surface area (Å²) >= 11 is 1.52. The molecule has 138 valence electrons. The van der Waals surface area contributed by atoms with E-state index in [-0.39, 0.29) is 36.6 Å². The monoisotopic (exact) mass is 405 g/mol. The molecule has 6 nitrogen and oxygen atoms in total. The van der Waals surface area contributed by atoms with Crippen LogP contribution in [0.4, 0.5) is 0 Å². The minimum Gasteiger partial charge on any atom is -0.487 e. The topological polar surface area (TPSA) is 83.5 Å². The molecule has 9 heteroatoms. The van der Waals surface area contributed by atoms with Crippen LogP contribution in [-0.4, -0.2) is 41.7 Å². The van der Waals surface area contributed by atoms with Gasteiger partial charge in [0.05, 0.1) is 17.3 Å². The van der Waals surface area contributed by atoms with Gasteiger partial charge in [0.2, 0.25) is 0 Å². The summed E-state index contributed by atoms with van der Waals surface area (Å²) in [6.45, 7) is 2.14. The molecule has 3 N–H and O–H groups in total. The number of rotatable bonds is 6. The van der Waals surface area contributed by atoms with Crippen molar-refractivity contribution in [2.24, 2.45) is 5.92 Å². The van der Waals surface area contributed by atoms with E-state index in [9.17, 15) is 9.90 Å². The summed E-state index contributed by atoms with van der Waals surface area (Å²) < 4.78 is 5.65. The lowest BCUT2D eigenvalue weighted by Gasteiger charge is -2.14. The number of nitrogens with one attached hydrogen (secondary N) is 2. The van der Waals surface area contributed by atoms with Gasteiger partial charge in [-0.25, -0.2) is 4.98 Å². The highest BCUT2D eigenvalue weighted by Crippen LogP contribution is 2.16. The van der Waals surface area contributed by atoms with Crippen molar-refractivity contribution in [3.8, 4) is 5.75 Å². The fourth-order valence-corrected chi connectivity index (χ4v) is 2.99. The molecule has 0 saturated carbocycles. The van der Waals surface area contributed by atoms with Crippen LogP contribution >= 0.6 is 36.2 Å². The Labute approximate surface area is 162 Å². The standard InChI is InChI=1S/C16H19N3O3S.2ClH/c20-15-7-17-5-12(15)6-18-16(21)11-2-1-3-14(4-11)22-8-13-9-23-10-19-13;;/h1-4,9-10,12,15,17,20H,5-8H2,(H,18,21);2*1H. The molecule has 0 radical (unpaired) electrons. The number of aliphatic hydroxyl groups is 1. The van der Waals surface area contributed by atoms with Crippen LogP contribution in [0, 0.1) is 5.92 Å². The number of hydrogen-bond acceptors (Lipinski definition) is 6. The molecule has 0 bridgehead atoms. The van der Waals surface area contributed by atoms with Crippen molar-refractivity contribution >= 4 is 42.1 Å². The Morgan fingerprint density at radius 2 is 2.24 bits per heavy atom. The van der Waals surface area contributed by atoms with Crippen molar-refractivity contribution in [3.05, 3.63) is 46.4 Å². The van der Waals surface area contributed by atoms with Gasteiger partial charge in [0.25, 0.3) is 5.91 Å². The van der Waals surface area contributed by atoms with Crippen molar-refractivity contribution in [1.82, 2.24) is 15.6 Å². The van der Waals surface area contributed by atoms with E-state index < -0.39 is 6.10 Å². The Morgan fingerprint density at radius 3 is 2.92 bits per heavy atom. The molecule has 1 aromatic heterocycles. The molecule has 1 fully saturated rings. The molecule has 0 spiro atoms. The molecule has 1 saturated heterocycles. The Hall–Kier alpha value is -1.38. The molecule has 2 atom stereocenters. The quantitative estimate of drug-likeness (QED) is 0.683. The van der Waals surface area contributed by atoms with Gasteiger partial charge in [0.15, 0.2) is 0 Å². The predicted octanol–water partition coefficient (Wildman–Crippen LogP) is 1.88.